The lowest BCUT2D eigenvalue weighted by molar-refractivity contribution is -0.136. The Morgan fingerprint density at radius 2 is 2.05 bits per heavy atom. The van der Waals surface area contributed by atoms with E-state index in [-0.39, 0.29) is 10.9 Å². The maximum Gasteiger partial charge on any atom is 0.337 e. The highest BCUT2D eigenvalue weighted by Crippen LogP contribution is 2.28. The number of esters is 1. The minimum absolute atomic E-state index is 0.0931. The zero-order chi connectivity index (χ0) is 15.6. The van der Waals surface area contributed by atoms with Gasteiger partial charge in [-0.1, -0.05) is 12.1 Å². The summed E-state index contributed by atoms with van der Waals surface area (Å²) in [6.45, 7) is 1.73. The second-order valence-corrected chi connectivity index (χ2v) is 4.83. The minimum atomic E-state index is -0.487. The number of nitrogens with zero attached hydrogens (tertiary/aromatic N) is 1. The maximum absolute atomic E-state index is 11.9. The van der Waals surface area contributed by atoms with Gasteiger partial charge in [-0.3, -0.25) is 5.21 Å². The van der Waals surface area contributed by atoms with Crippen LogP contribution >= 0.6 is 12.2 Å². The predicted molar refractivity (Wildman–Crippen MR) is 80.4 cm³/mol. The first-order chi connectivity index (χ1) is 9.93. The summed E-state index contributed by atoms with van der Waals surface area (Å²) >= 11 is 5.10. The van der Waals surface area contributed by atoms with Gasteiger partial charge in [0.05, 0.1) is 24.4 Å². The van der Waals surface area contributed by atoms with Gasteiger partial charge in [-0.05, 0) is 36.8 Å². The van der Waals surface area contributed by atoms with Crippen molar-refractivity contribution in [3.05, 3.63) is 46.3 Å². The van der Waals surface area contributed by atoms with Crippen LogP contribution in [0.2, 0.25) is 0 Å². The molecule has 112 valence electrons. The summed E-state index contributed by atoms with van der Waals surface area (Å²) in [6, 6.07) is 5.65. The molecule has 0 radical (unpaired) electrons. The van der Waals surface area contributed by atoms with Crippen LogP contribution < -0.4 is 15.9 Å². The Balaban J connectivity index is 2.41. The van der Waals surface area contributed by atoms with E-state index in [0.717, 1.165) is 0 Å². The fourth-order valence-corrected chi connectivity index (χ4v) is 2.39. The fourth-order valence-electron chi connectivity index (χ4n) is 2.12. The Morgan fingerprint density at radius 1 is 1.43 bits per heavy atom. The van der Waals surface area contributed by atoms with Gasteiger partial charge >= 0.3 is 5.97 Å². The monoisotopic (exact) mass is 308 g/mol. The number of thiocarbonyl (C=S) groups is 1. The SMILES string of the molecule is COC(=O)C1=C(C)NC(=S)NC1c1ccc(N([O-])O)cc1. The van der Waals surface area contributed by atoms with E-state index < -0.39 is 12.0 Å². The van der Waals surface area contributed by atoms with E-state index in [4.69, 9.17) is 22.2 Å². The lowest BCUT2D eigenvalue weighted by Gasteiger charge is -2.30. The molecule has 21 heavy (non-hydrogen) atoms. The zero-order valence-electron chi connectivity index (χ0n) is 11.4. The number of rotatable bonds is 3. The Hall–Kier alpha value is -2.16. The maximum atomic E-state index is 11.9. The van der Waals surface area contributed by atoms with Crippen molar-refractivity contribution < 1.29 is 14.7 Å². The third-order valence-corrected chi connectivity index (χ3v) is 3.34. The summed E-state index contributed by atoms with van der Waals surface area (Å²) in [5.41, 5.74) is 1.81. The molecule has 0 spiro atoms. The van der Waals surface area contributed by atoms with Gasteiger partial charge in [0.1, 0.15) is 0 Å². The second kappa shape index (κ2) is 6.08. The molecule has 1 atom stereocenters. The standard InChI is InChI=1S/C13H14N3O4S/c1-7-10(12(17)20-2)11(15-13(21)14-7)8-3-5-9(6-4-8)16(18)19/h3-6,11,18H,1-2H3,(H2,14,15,21)/q-1. The first-order valence-electron chi connectivity index (χ1n) is 6.06. The molecule has 0 saturated heterocycles. The van der Waals surface area contributed by atoms with Crippen molar-refractivity contribution in [1.29, 1.82) is 0 Å². The van der Waals surface area contributed by atoms with E-state index in [1.165, 1.54) is 19.2 Å². The molecule has 0 bridgehead atoms. The van der Waals surface area contributed by atoms with Crippen molar-refractivity contribution in [3.63, 3.8) is 0 Å². The molecule has 0 fully saturated rings. The van der Waals surface area contributed by atoms with E-state index >= 15 is 0 Å². The zero-order valence-corrected chi connectivity index (χ0v) is 12.2. The van der Waals surface area contributed by atoms with Crippen molar-refractivity contribution in [2.24, 2.45) is 0 Å². The second-order valence-electron chi connectivity index (χ2n) is 4.43. The first-order valence-corrected chi connectivity index (χ1v) is 6.47. The van der Waals surface area contributed by atoms with Gasteiger partial charge < -0.3 is 25.8 Å². The van der Waals surface area contributed by atoms with E-state index in [0.29, 0.717) is 21.9 Å². The van der Waals surface area contributed by atoms with E-state index in [1.54, 1.807) is 19.1 Å². The molecule has 1 unspecified atom stereocenters. The summed E-state index contributed by atoms with van der Waals surface area (Å²) in [5.74, 6) is -0.475. The molecule has 3 N–H and O–H groups in total. The van der Waals surface area contributed by atoms with E-state index in [1.807, 2.05) is 0 Å². The van der Waals surface area contributed by atoms with Crippen molar-refractivity contribution in [1.82, 2.24) is 10.6 Å². The van der Waals surface area contributed by atoms with Crippen molar-refractivity contribution in [2.45, 2.75) is 13.0 Å². The van der Waals surface area contributed by atoms with Crippen LogP contribution in [0.1, 0.15) is 18.5 Å². The first kappa shape index (κ1) is 15.2. The molecule has 0 aliphatic carbocycles. The van der Waals surface area contributed by atoms with Gasteiger partial charge in [0.15, 0.2) is 5.11 Å². The number of allylic oxidation sites excluding steroid dienone is 1. The lowest BCUT2D eigenvalue weighted by Crippen LogP contribution is -2.45. The number of nitrogens with one attached hydrogen (secondary N) is 2. The fraction of sp³-hybridized carbons (Fsp3) is 0.231. The van der Waals surface area contributed by atoms with Crippen molar-refractivity contribution in [3.8, 4) is 0 Å². The lowest BCUT2D eigenvalue weighted by atomic mass is 9.95. The number of ether oxygens (including phenoxy) is 1. The topological polar surface area (TPSA) is 96.9 Å². The summed E-state index contributed by atoms with van der Waals surface area (Å²) < 4.78 is 4.79. The quantitative estimate of drug-likeness (QED) is 0.437. The summed E-state index contributed by atoms with van der Waals surface area (Å²) in [7, 11) is 1.30. The largest absolute Gasteiger partial charge is 0.733 e. The molecule has 1 aliphatic rings. The van der Waals surface area contributed by atoms with Crippen LogP contribution in [-0.2, 0) is 9.53 Å². The number of anilines is 1. The highest BCUT2D eigenvalue weighted by molar-refractivity contribution is 7.80. The van der Waals surface area contributed by atoms with Crippen LogP contribution in [-0.4, -0.2) is 23.4 Å². The van der Waals surface area contributed by atoms with E-state index in [2.05, 4.69) is 10.6 Å². The van der Waals surface area contributed by atoms with Crippen molar-refractivity contribution in [2.75, 3.05) is 12.3 Å². The van der Waals surface area contributed by atoms with Crippen LogP contribution in [0.5, 0.6) is 0 Å². The van der Waals surface area contributed by atoms with Gasteiger partial charge in [0.2, 0.25) is 0 Å². The van der Waals surface area contributed by atoms with Crippen molar-refractivity contribution >= 4 is 29.0 Å². The van der Waals surface area contributed by atoms with Gasteiger partial charge in [0.25, 0.3) is 0 Å². The van der Waals surface area contributed by atoms with Crippen LogP contribution in [0.25, 0.3) is 0 Å². The predicted octanol–water partition coefficient (Wildman–Crippen LogP) is 1.35. The average Bonchev–Trinajstić information content (AvgIpc) is 2.45. The molecule has 0 amide bonds. The van der Waals surface area contributed by atoms with Gasteiger partial charge in [-0.2, -0.15) is 0 Å². The number of methoxy groups -OCH3 is 1. The molecule has 2 rings (SSSR count). The molecule has 1 aromatic rings. The highest BCUT2D eigenvalue weighted by Gasteiger charge is 2.30. The minimum Gasteiger partial charge on any atom is -0.733 e. The van der Waals surface area contributed by atoms with Crippen LogP contribution in [0.4, 0.5) is 5.69 Å². The van der Waals surface area contributed by atoms with Gasteiger partial charge in [-0.15, -0.1) is 0 Å². The Morgan fingerprint density at radius 3 is 2.57 bits per heavy atom. The highest BCUT2D eigenvalue weighted by atomic mass is 32.1. The Labute approximate surface area is 126 Å². The smallest absolute Gasteiger partial charge is 0.337 e. The molecule has 7 nitrogen and oxygen atoms in total. The molecule has 1 aliphatic heterocycles. The Kier molecular flexibility index (Phi) is 4.41. The summed E-state index contributed by atoms with van der Waals surface area (Å²) in [6.07, 6.45) is 0. The molecule has 0 saturated carbocycles. The van der Waals surface area contributed by atoms with Crippen LogP contribution in [0, 0.1) is 5.21 Å². The third kappa shape index (κ3) is 3.13. The normalized spacial score (nSPS) is 17.9. The number of carbonyl (C=O) groups is 1. The number of hydrogen-bond donors (Lipinski definition) is 3. The molecule has 0 aromatic heterocycles. The third-order valence-electron chi connectivity index (χ3n) is 3.12. The molecular formula is C13H14N3O4S-. The molecular weight excluding hydrogens is 294 g/mol. The number of hydrogen-bond acceptors (Lipinski definition) is 6. The molecule has 8 heteroatoms. The Bertz CT molecular complexity index is 598. The number of benzene rings is 1. The van der Waals surface area contributed by atoms with Crippen LogP contribution in [0.3, 0.4) is 0 Å². The van der Waals surface area contributed by atoms with Crippen LogP contribution in [0.15, 0.2) is 35.5 Å². The summed E-state index contributed by atoms with van der Waals surface area (Å²) in [4.78, 5) is 11.9. The van der Waals surface area contributed by atoms with E-state index in [9.17, 15) is 10.0 Å². The van der Waals surface area contributed by atoms with Gasteiger partial charge in [0, 0.05) is 5.70 Å². The molecule has 1 heterocycles. The average molecular weight is 308 g/mol. The number of carbonyl (C=O) groups excluding carboxylic acids is 1. The summed E-state index contributed by atoms with van der Waals surface area (Å²) in [5, 5.41) is 25.7. The van der Waals surface area contributed by atoms with Gasteiger partial charge in [-0.25, -0.2) is 4.79 Å². The molecule has 1 aromatic carbocycles.